The van der Waals surface area contributed by atoms with Gasteiger partial charge in [0.05, 0.1) is 11.1 Å². The summed E-state index contributed by atoms with van der Waals surface area (Å²) in [5.74, 6) is 0.281. The molecule has 0 fully saturated rings. The highest BCUT2D eigenvalue weighted by molar-refractivity contribution is 7.91. The number of aryl methyl sites for hydroxylation is 1. The quantitative estimate of drug-likeness (QED) is 0.455. The molecule has 0 bridgehead atoms. The Hall–Kier alpha value is -2.55. The molecule has 7 nitrogen and oxygen atoms in total. The Morgan fingerprint density at radius 1 is 1.32 bits per heavy atom. The van der Waals surface area contributed by atoms with Crippen molar-refractivity contribution >= 4 is 40.3 Å². The van der Waals surface area contributed by atoms with Crippen LogP contribution in [0.25, 0.3) is 11.6 Å². The minimum Gasteiger partial charge on any atom is -0.611 e. The lowest BCUT2D eigenvalue weighted by Crippen LogP contribution is -2.34. The first-order chi connectivity index (χ1) is 14.9. The SMILES string of the molecule is CCN(CC)CCNC(=O)c1cc(/C=C2\C(=O)Nc3ccc4c(c32)CC[S+]4[O-])[nH]c1C. The molecule has 0 radical (unpaired) electrons. The third kappa shape index (κ3) is 4.15. The number of aromatic amines is 1. The monoisotopic (exact) mass is 440 g/mol. The van der Waals surface area contributed by atoms with Crippen LogP contribution in [0.1, 0.15) is 46.7 Å². The summed E-state index contributed by atoms with van der Waals surface area (Å²) >= 11 is -1.01. The zero-order chi connectivity index (χ0) is 22.1. The van der Waals surface area contributed by atoms with Crippen molar-refractivity contribution in [1.29, 1.82) is 0 Å². The summed E-state index contributed by atoms with van der Waals surface area (Å²) in [5.41, 5.74) is 5.15. The summed E-state index contributed by atoms with van der Waals surface area (Å²) < 4.78 is 12.2. The lowest BCUT2D eigenvalue weighted by Gasteiger charge is -2.17. The first-order valence-corrected chi connectivity index (χ1v) is 12.0. The number of anilines is 1. The Bertz CT molecular complexity index is 1060. The van der Waals surface area contributed by atoms with Gasteiger partial charge in [-0.2, -0.15) is 0 Å². The molecular formula is C23H28N4O3S. The number of amides is 2. The maximum Gasteiger partial charge on any atom is 0.256 e. The van der Waals surface area contributed by atoms with Crippen molar-refractivity contribution in [2.24, 2.45) is 0 Å². The van der Waals surface area contributed by atoms with E-state index in [1.807, 2.05) is 19.1 Å². The van der Waals surface area contributed by atoms with Gasteiger partial charge in [0.2, 0.25) is 0 Å². The molecule has 1 aromatic carbocycles. The molecule has 2 aliphatic heterocycles. The van der Waals surface area contributed by atoms with E-state index >= 15 is 0 Å². The largest absolute Gasteiger partial charge is 0.611 e. The van der Waals surface area contributed by atoms with Gasteiger partial charge in [0.25, 0.3) is 11.8 Å². The van der Waals surface area contributed by atoms with E-state index in [9.17, 15) is 14.1 Å². The zero-order valence-corrected chi connectivity index (χ0v) is 18.9. The van der Waals surface area contributed by atoms with Crippen LogP contribution in [0.15, 0.2) is 23.1 Å². The molecule has 0 spiro atoms. The molecule has 164 valence electrons. The third-order valence-electron chi connectivity index (χ3n) is 6.00. The Morgan fingerprint density at radius 2 is 2.10 bits per heavy atom. The second-order valence-corrected chi connectivity index (χ2v) is 9.36. The molecule has 0 aliphatic carbocycles. The summed E-state index contributed by atoms with van der Waals surface area (Å²) in [6.45, 7) is 9.35. The van der Waals surface area contributed by atoms with Crippen LogP contribution in [0.3, 0.4) is 0 Å². The van der Waals surface area contributed by atoms with E-state index in [0.29, 0.717) is 35.5 Å². The maximum atomic E-state index is 12.7. The van der Waals surface area contributed by atoms with Crippen LogP contribution in [0.5, 0.6) is 0 Å². The lowest BCUT2D eigenvalue weighted by molar-refractivity contribution is -0.110. The van der Waals surface area contributed by atoms with Crippen molar-refractivity contribution in [2.45, 2.75) is 32.1 Å². The van der Waals surface area contributed by atoms with Crippen molar-refractivity contribution < 1.29 is 14.1 Å². The van der Waals surface area contributed by atoms with Gasteiger partial charge in [0, 0.05) is 47.7 Å². The van der Waals surface area contributed by atoms with E-state index in [1.165, 1.54) is 0 Å². The molecule has 0 saturated heterocycles. The molecule has 3 heterocycles. The van der Waals surface area contributed by atoms with Crippen molar-refractivity contribution in [3.05, 3.63) is 46.3 Å². The van der Waals surface area contributed by atoms with Crippen molar-refractivity contribution in [3.63, 3.8) is 0 Å². The minimum absolute atomic E-state index is 0.127. The van der Waals surface area contributed by atoms with Gasteiger partial charge in [-0.15, -0.1) is 0 Å². The Kier molecular flexibility index (Phi) is 6.22. The molecule has 2 aliphatic rings. The van der Waals surface area contributed by atoms with Crippen LogP contribution < -0.4 is 10.6 Å². The van der Waals surface area contributed by atoms with E-state index in [-0.39, 0.29) is 11.8 Å². The Labute approximate surface area is 185 Å². The van der Waals surface area contributed by atoms with Crippen LogP contribution in [0.4, 0.5) is 5.69 Å². The predicted molar refractivity (Wildman–Crippen MR) is 124 cm³/mol. The van der Waals surface area contributed by atoms with Crippen molar-refractivity contribution in [2.75, 3.05) is 37.2 Å². The molecule has 2 amide bonds. The number of carbonyl (C=O) groups excluding carboxylic acids is 2. The van der Waals surface area contributed by atoms with Gasteiger partial charge < -0.3 is 25.1 Å². The van der Waals surface area contributed by atoms with Crippen LogP contribution in [0.2, 0.25) is 0 Å². The van der Waals surface area contributed by atoms with Gasteiger partial charge in [-0.25, -0.2) is 0 Å². The van der Waals surface area contributed by atoms with Gasteiger partial charge >= 0.3 is 0 Å². The van der Waals surface area contributed by atoms with Gasteiger partial charge in [0.15, 0.2) is 4.90 Å². The number of hydrogen-bond acceptors (Lipinski definition) is 4. The number of hydrogen-bond donors (Lipinski definition) is 3. The molecule has 0 saturated carbocycles. The van der Waals surface area contributed by atoms with Crippen molar-refractivity contribution in [3.8, 4) is 0 Å². The van der Waals surface area contributed by atoms with Gasteiger partial charge in [-0.1, -0.05) is 13.8 Å². The summed E-state index contributed by atoms with van der Waals surface area (Å²) in [7, 11) is 0. The fraction of sp³-hybridized carbons (Fsp3) is 0.391. The van der Waals surface area contributed by atoms with Crippen LogP contribution in [-0.4, -0.2) is 58.2 Å². The highest BCUT2D eigenvalue weighted by Gasteiger charge is 2.35. The number of rotatable bonds is 7. The second-order valence-electron chi connectivity index (χ2n) is 7.82. The Morgan fingerprint density at radius 3 is 2.84 bits per heavy atom. The van der Waals surface area contributed by atoms with Gasteiger partial charge in [-0.05, 0) is 55.5 Å². The van der Waals surface area contributed by atoms with Crippen LogP contribution >= 0.6 is 0 Å². The molecule has 2 aromatic rings. The minimum atomic E-state index is -1.01. The van der Waals surface area contributed by atoms with E-state index in [2.05, 4.69) is 34.4 Å². The zero-order valence-electron chi connectivity index (χ0n) is 18.1. The molecule has 3 N–H and O–H groups in total. The van der Waals surface area contributed by atoms with Crippen LogP contribution in [-0.2, 0) is 22.4 Å². The van der Waals surface area contributed by atoms with E-state index in [1.54, 1.807) is 12.1 Å². The fourth-order valence-corrected chi connectivity index (χ4v) is 5.57. The highest BCUT2D eigenvalue weighted by atomic mass is 32.2. The summed E-state index contributed by atoms with van der Waals surface area (Å²) in [6, 6.07) is 5.45. The lowest BCUT2D eigenvalue weighted by atomic mass is 9.98. The second kappa shape index (κ2) is 8.90. The topological polar surface area (TPSA) is 100 Å². The smallest absolute Gasteiger partial charge is 0.256 e. The highest BCUT2D eigenvalue weighted by Crippen LogP contribution is 2.41. The number of benzene rings is 1. The Balaban J connectivity index is 1.56. The van der Waals surface area contributed by atoms with E-state index in [4.69, 9.17) is 0 Å². The van der Waals surface area contributed by atoms with Crippen LogP contribution in [0, 0.1) is 6.92 Å². The van der Waals surface area contributed by atoms with Crippen molar-refractivity contribution in [1.82, 2.24) is 15.2 Å². The summed E-state index contributed by atoms with van der Waals surface area (Å²) in [5, 5.41) is 5.88. The van der Waals surface area contributed by atoms with E-state index < -0.39 is 11.2 Å². The average molecular weight is 441 g/mol. The van der Waals surface area contributed by atoms with Gasteiger partial charge in [-0.3, -0.25) is 9.59 Å². The number of nitrogens with one attached hydrogen (secondary N) is 3. The molecule has 4 rings (SSSR count). The molecule has 31 heavy (non-hydrogen) atoms. The predicted octanol–water partition coefficient (Wildman–Crippen LogP) is 2.55. The number of nitrogens with zero attached hydrogens (tertiary/aromatic N) is 1. The number of likely N-dealkylation sites (N-methyl/N-ethyl adjacent to an activating group) is 1. The fourth-order valence-electron chi connectivity index (χ4n) is 4.26. The standard InChI is InChI=1S/C23H28N4O3S/c1-4-27(5-2)10-9-24-22(28)17-12-15(25-14(17)3)13-18-21-16-8-11-31(30)20(16)7-6-19(21)26-23(18)29/h6-7,12-13,25H,4-5,8-11H2,1-3H3,(H,24,28)(H,26,29)/b18-13-. The number of fused-ring (bicyclic) bond motifs is 3. The third-order valence-corrected chi connectivity index (χ3v) is 7.45. The number of H-pyrrole nitrogens is 1. The molecule has 1 unspecified atom stereocenters. The first kappa shape index (κ1) is 21.7. The summed E-state index contributed by atoms with van der Waals surface area (Å²) in [4.78, 5) is 31.6. The average Bonchev–Trinajstić information content (AvgIpc) is 3.41. The maximum absolute atomic E-state index is 12.7. The number of aromatic nitrogens is 1. The van der Waals surface area contributed by atoms with Gasteiger partial charge in [0.1, 0.15) is 5.75 Å². The summed E-state index contributed by atoms with van der Waals surface area (Å²) in [6.07, 6.45) is 2.48. The normalized spacial score (nSPS) is 18.4. The number of carbonyl (C=O) groups is 2. The van der Waals surface area contributed by atoms with E-state index in [0.717, 1.165) is 47.0 Å². The molecular weight excluding hydrogens is 412 g/mol. The molecule has 1 aromatic heterocycles. The first-order valence-electron chi connectivity index (χ1n) is 10.7. The molecule has 8 heteroatoms. The molecule has 1 atom stereocenters.